The highest BCUT2D eigenvalue weighted by Gasteiger charge is 2.22. The maximum atomic E-state index is 5.53. The van der Waals surface area contributed by atoms with Crippen LogP contribution < -0.4 is 4.74 Å². The van der Waals surface area contributed by atoms with Crippen LogP contribution in [0, 0.1) is 0 Å². The summed E-state index contributed by atoms with van der Waals surface area (Å²) in [4.78, 5) is 0. The SMILES string of the molecule is CC.c1ccc(OC2CC2)cc1. The summed E-state index contributed by atoms with van der Waals surface area (Å²) in [6, 6.07) is 9.99. The molecule has 1 aromatic carbocycles. The maximum Gasteiger partial charge on any atom is 0.119 e. The molecule has 66 valence electrons. The molecule has 1 fully saturated rings. The van der Waals surface area contributed by atoms with Crippen LogP contribution in [0.2, 0.25) is 0 Å². The van der Waals surface area contributed by atoms with Gasteiger partial charge in [0.25, 0.3) is 0 Å². The van der Waals surface area contributed by atoms with Gasteiger partial charge in [-0.05, 0) is 25.0 Å². The highest BCUT2D eigenvalue weighted by Crippen LogP contribution is 2.25. The number of ether oxygens (including phenoxy) is 1. The summed E-state index contributed by atoms with van der Waals surface area (Å²) in [5, 5.41) is 0. The summed E-state index contributed by atoms with van der Waals surface area (Å²) in [6.07, 6.45) is 2.98. The predicted octanol–water partition coefficient (Wildman–Crippen LogP) is 3.25. The second-order valence-corrected chi connectivity index (χ2v) is 2.63. The van der Waals surface area contributed by atoms with E-state index in [1.54, 1.807) is 0 Å². The van der Waals surface area contributed by atoms with E-state index in [2.05, 4.69) is 0 Å². The molecule has 1 heteroatoms. The van der Waals surface area contributed by atoms with Crippen molar-refractivity contribution < 1.29 is 4.74 Å². The van der Waals surface area contributed by atoms with Crippen molar-refractivity contribution >= 4 is 0 Å². The third kappa shape index (κ3) is 2.95. The summed E-state index contributed by atoms with van der Waals surface area (Å²) in [6.45, 7) is 4.00. The van der Waals surface area contributed by atoms with Crippen molar-refractivity contribution in [2.45, 2.75) is 32.8 Å². The highest BCUT2D eigenvalue weighted by molar-refractivity contribution is 5.21. The molecule has 1 aliphatic rings. The van der Waals surface area contributed by atoms with E-state index in [1.165, 1.54) is 12.8 Å². The van der Waals surface area contributed by atoms with Crippen molar-refractivity contribution in [2.75, 3.05) is 0 Å². The summed E-state index contributed by atoms with van der Waals surface area (Å²) in [5.74, 6) is 1.00. The standard InChI is InChI=1S/C9H10O.C2H6/c1-2-4-8(5-3-1)10-9-6-7-9;1-2/h1-5,9H,6-7H2;1-2H3. The summed E-state index contributed by atoms with van der Waals surface area (Å²) in [5.41, 5.74) is 0. The van der Waals surface area contributed by atoms with E-state index < -0.39 is 0 Å². The summed E-state index contributed by atoms with van der Waals surface area (Å²) >= 11 is 0. The van der Waals surface area contributed by atoms with E-state index in [-0.39, 0.29) is 0 Å². The molecule has 1 nitrogen and oxygen atoms in total. The van der Waals surface area contributed by atoms with Crippen LogP contribution in [0.15, 0.2) is 30.3 Å². The molecule has 0 saturated heterocycles. The zero-order chi connectivity index (χ0) is 8.81. The van der Waals surface area contributed by atoms with Gasteiger partial charge in [-0.3, -0.25) is 0 Å². The zero-order valence-electron chi connectivity index (χ0n) is 7.79. The van der Waals surface area contributed by atoms with Crippen molar-refractivity contribution in [1.29, 1.82) is 0 Å². The van der Waals surface area contributed by atoms with Crippen molar-refractivity contribution in [3.05, 3.63) is 30.3 Å². The molecule has 1 saturated carbocycles. The van der Waals surface area contributed by atoms with Gasteiger partial charge >= 0.3 is 0 Å². The Balaban J connectivity index is 0.000000336. The number of rotatable bonds is 2. The molecule has 0 bridgehead atoms. The lowest BCUT2D eigenvalue weighted by Crippen LogP contribution is -1.94. The number of hydrogen-bond acceptors (Lipinski definition) is 1. The van der Waals surface area contributed by atoms with Crippen LogP contribution in [-0.4, -0.2) is 6.10 Å². The molecule has 0 amide bonds. The van der Waals surface area contributed by atoms with Gasteiger partial charge in [0, 0.05) is 0 Å². The van der Waals surface area contributed by atoms with Crippen LogP contribution in [0.5, 0.6) is 5.75 Å². The van der Waals surface area contributed by atoms with Gasteiger partial charge in [-0.15, -0.1) is 0 Å². The normalized spacial score (nSPS) is 14.5. The van der Waals surface area contributed by atoms with Crippen LogP contribution in [-0.2, 0) is 0 Å². The molecular weight excluding hydrogens is 148 g/mol. The van der Waals surface area contributed by atoms with Crippen LogP contribution in [0.1, 0.15) is 26.7 Å². The molecule has 12 heavy (non-hydrogen) atoms. The zero-order valence-corrected chi connectivity index (χ0v) is 7.79. The monoisotopic (exact) mass is 164 g/mol. The van der Waals surface area contributed by atoms with Crippen molar-refractivity contribution in [3.8, 4) is 5.75 Å². The van der Waals surface area contributed by atoms with Crippen molar-refractivity contribution in [1.82, 2.24) is 0 Å². The lowest BCUT2D eigenvalue weighted by molar-refractivity contribution is 0.303. The minimum Gasteiger partial charge on any atom is -0.490 e. The number of hydrogen-bond donors (Lipinski definition) is 0. The van der Waals surface area contributed by atoms with Gasteiger partial charge in [0.05, 0.1) is 6.10 Å². The van der Waals surface area contributed by atoms with E-state index >= 15 is 0 Å². The second kappa shape index (κ2) is 4.81. The highest BCUT2D eigenvalue weighted by atomic mass is 16.5. The molecule has 0 atom stereocenters. The topological polar surface area (TPSA) is 9.23 Å². The first kappa shape index (κ1) is 9.11. The summed E-state index contributed by atoms with van der Waals surface area (Å²) < 4.78 is 5.53. The van der Waals surface area contributed by atoms with Gasteiger partial charge in [0.15, 0.2) is 0 Å². The molecule has 0 unspecified atom stereocenters. The van der Waals surface area contributed by atoms with Gasteiger partial charge in [0.1, 0.15) is 5.75 Å². The molecule has 1 aromatic rings. The molecule has 0 radical (unpaired) electrons. The van der Waals surface area contributed by atoms with Crippen LogP contribution >= 0.6 is 0 Å². The van der Waals surface area contributed by atoms with E-state index in [9.17, 15) is 0 Å². The first-order chi connectivity index (χ1) is 5.95. The molecular formula is C11H16O. The van der Waals surface area contributed by atoms with E-state index in [0.717, 1.165) is 5.75 Å². The molecule has 0 N–H and O–H groups in total. The van der Waals surface area contributed by atoms with Crippen LogP contribution in [0.25, 0.3) is 0 Å². The fraction of sp³-hybridized carbons (Fsp3) is 0.455. The predicted molar refractivity (Wildman–Crippen MR) is 51.4 cm³/mol. The van der Waals surface area contributed by atoms with Gasteiger partial charge < -0.3 is 4.74 Å². The van der Waals surface area contributed by atoms with Crippen molar-refractivity contribution in [2.24, 2.45) is 0 Å². The molecule has 0 spiro atoms. The first-order valence-corrected chi connectivity index (χ1v) is 4.67. The van der Waals surface area contributed by atoms with Crippen molar-refractivity contribution in [3.63, 3.8) is 0 Å². The molecule has 0 aliphatic heterocycles. The van der Waals surface area contributed by atoms with E-state index in [0.29, 0.717) is 6.10 Å². The number of benzene rings is 1. The Morgan fingerprint density at radius 3 is 2.17 bits per heavy atom. The Hall–Kier alpha value is -0.980. The fourth-order valence-corrected chi connectivity index (χ4v) is 0.877. The van der Waals surface area contributed by atoms with E-state index in [1.807, 2.05) is 44.2 Å². The van der Waals surface area contributed by atoms with Crippen LogP contribution in [0.4, 0.5) is 0 Å². The minimum atomic E-state index is 0.516. The third-order valence-electron chi connectivity index (χ3n) is 1.57. The maximum absolute atomic E-state index is 5.53. The van der Waals surface area contributed by atoms with Gasteiger partial charge in [-0.1, -0.05) is 32.0 Å². The smallest absolute Gasteiger partial charge is 0.119 e. The van der Waals surface area contributed by atoms with Gasteiger partial charge in [-0.25, -0.2) is 0 Å². The Bertz CT molecular complexity index is 202. The molecule has 1 aliphatic carbocycles. The quantitative estimate of drug-likeness (QED) is 0.652. The third-order valence-corrected chi connectivity index (χ3v) is 1.57. The van der Waals surface area contributed by atoms with Gasteiger partial charge in [-0.2, -0.15) is 0 Å². The molecule has 0 heterocycles. The van der Waals surface area contributed by atoms with Crippen LogP contribution in [0.3, 0.4) is 0 Å². The first-order valence-electron chi connectivity index (χ1n) is 4.67. The Morgan fingerprint density at radius 1 is 1.08 bits per heavy atom. The Morgan fingerprint density at radius 2 is 1.67 bits per heavy atom. The largest absolute Gasteiger partial charge is 0.490 e. The lowest BCUT2D eigenvalue weighted by atomic mass is 10.3. The fourth-order valence-electron chi connectivity index (χ4n) is 0.877. The van der Waals surface area contributed by atoms with Gasteiger partial charge in [0.2, 0.25) is 0 Å². The molecule has 0 aromatic heterocycles. The molecule has 2 rings (SSSR count). The second-order valence-electron chi connectivity index (χ2n) is 2.63. The van der Waals surface area contributed by atoms with E-state index in [4.69, 9.17) is 4.74 Å². The summed E-state index contributed by atoms with van der Waals surface area (Å²) in [7, 11) is 0. The minimum absolute atomic E-state index is 0.516. The Kier molecular flexibility index (Phi) is 3.65. The number of para-hydroxylation sites is 1. The average molecular weight is 164 g/mol. The Labute approximate surface area is 74.4 Å². The average Bonchev–Trinajstić information content (AvgIpc) is 2.94. The lowest BCUT2D eigenvalue weighted by Gasteiger charge is -2.01.